The van der Waals surface area contributed by atoms with Gasteiger partial charge in [0.15, 0.2) is 0 Å². The Morgan fingerprint density at radius 3 is 2.22 bits per heavy atom. The van der Waals surface area contributed by atoms with E-state index in [9.17, 15) is 9.59 Å². The summed E-state index contributed by atoms with van der Waals surface area (Å²) in [5.41, 5.74) is 2.96. The molecule has 0 radical (unpaired) electrons. The van der Waals surface area contributed by atoms with Crippen molar-refractivity contribution in [1.82, 2.24) is 10.5 Å². The van der Waals surface area contributed by atoms with E-state index in [1.165, 1.54) is 0 Å². The van der Waals surface area contributed by atoms with Crippen LogP contribution in [0.2, 0.25) is 0 Å². The number of carbonyl (C=O) groups excluding carboxylic acids is 2. The molecule has 6 heteroatoms. The van der Waals surface area contributed by atoms with Gasteiger partial charge in [0.1, 0.15) is 0 Å². The van der Waals surface area contributed by atoms with E-state index in [-0.39, 0.29) is 5.91 Å². The molecule has 0 spiro atoms. The minimum Gasteiger partial charge on any atom is -0.321 e. The minimum absolute atomic E-state index is 0.267. The van der Waals surface area contributed by atoms with Crippen molar-refractivity contribution in [3.63, 3.8) is 0 Å². The summed E-state index contributed by atoms with van der Waals surface area (Å²) >= 11 is 0. The van der Waals surface area contributed by atoms with Crippen LogP contribution in [0, 0.1) is 0 Å². The lowest BCUT2D eigenvalue weighted by atomic mass is 10.0. The van der Waals surface area contributed by atoms with Crippen molar-refractivity contribution in [2.45, 2.75) is 0 Å². The van der Waals surface area contributed by atoms with Crippen molar-refractivity contribution < 1.29 is 14.8 Å². The lowest BCUT2D eigenvalue weighted by Gasteiger charge is -2.07. The highest BCUT2D eigenvalue weighted by molar-refractivity contribution is 6.07. The van der Waals surface area contributed by atoms with Crippen LogP contribution in [0.25, 0.3) is 10.8 Å². The number of fused-ring (bicyclic) bond motifs is 1. The summed E-state index contributed by atoms with van der Waals surface area (Å²) in [6, 6.07) is 13.6. The SMILES string of the molecule is O=C(NO)c1ccc2ccc(C(=O)Nc3cccnc3)cc2c1. The Balaban J connectivity index is 1.92. The molecule has 0 saturated heterocycles. The second kappa shape index (κ2) is 6.25. The monoisotopic (exact) mass is 307 g/mol. The molecule has 23 heavy (non-hydrogen) atoms. The Labute approximate surface area is 131 Å². The molecule has 2 aromatic carbocycles. The number of benzene rings is 2. The summed E-state index contributed by atoms with van der Waals surface area (Å²) in [4.78, 5) is 27.7. The second-order valence-corrected chi connectivity index (χ2v) is 4.91. The zero-order valence-corrected chi connectivity index (χ0v) is 12.0. The summed E-state index contributed by atoms with van der Waals surface area (Å²) in [5, 5.41) is 13.1. The number of amides is 2. The zero-order valence-electron chi connectivity index (χ0n) is 12.0. The molecule has 0 bridgehead atoms. The number of pyridine rings is 1. The molecule has 2 amide bonds. The van der Waals surface area contributed by atoms with E-state index in [0.29, 0.717) is 16.8 Å². The molecule has 0 aliphatic heterocycles. The Hall–Kier alpha value is -3.25. The van der Waals surface area contributed by atoms with Gasteiger partial charge >= 0.3 is 0 Å². The first-order valence-electron chi connectivity index (χ1n) is 6.87. The van der Waals surface area contributed by atoms with E-state index >= 15 is 0 Å². The number of rotatable bonds is 3. The number of carbonyl (C=O) groups is 2. The molecule has 0 aliphatic carbocycles. The standard InChI is InChI=1S/C17H13N3O3/c21-16(19-15-2-1-7-18-10-15)12-5-3-11-4-6-13(17(22)20-23)9-14(11)8-12/h1-10,23H,(H,19,21)(H,20,22). The third-order valence-electron chi connectivity index (χ3n) is 3.39. The molecular formula is C17H13N3O3. The highest BCUT2D eigenvalue weighted by Gasteiger charge is 2.09. The molecule has 3 aromatic rings. The maximum atomic E-state index is 12.3. The number of anilines is 1. The van der Waals surface area contributed by atoms with Gasteiger partial charge in [-0.15, -0.1) is 0 Å². The number of nitrogens with zero attached hydrogens (tertiary/aromatic N) is 1. The third-order valence-corrected chi connectivity index (χ3v) is 3.39. The molecule has 6 nitrogen and oxygen atoms in total. The third kappa shape index (κ3) is 3.17. The van der Waals surface area contributed by atoms with Gasteiger partial charge in [-0.25, -0.2) is 5.48 Å². The van der Waals surface area contributed by atoms with Crippen molar-refractivity contribution in [1.29, 1.82) is 0 Å². The molecule has 0 saturated carbocycles. The smallest absolute Gasteiger partial charge is 0.274 e. The molecule has 3 N–H and O–H groups in total. The van der Waals surface area contributed by atoms with E-state index in [1.54, 1.807) is 66.4 Å². The Morgan fingerprint density at radius 2 is 1.61 bits per heavy atom. The average Bonchev–Trinajstić information content (AvgIpc) is 2.60. The van der Waals surface area contributed by atoms with Crippen LogP contribution >= 0.6 is 0 Å². The number of nitrogens with one attached hydrogen (secondary N) is 2. The molecular weight excluding hydrogens is 294 g/mol. The lowest BCUT2D eigenvalue weighted by molar-refractivity contribution is 0.0706. The van der Waals surface area contributed by atoms with Crippen molar-refractivity contribution in [3.05, 3.63) is 72.1 Å². The normalized spacial score (nSPS) is 10.3. The topological polar surface area (TPSA) is 91.3 Å². The van der Waals surface area contributed by atoms with Gasteiger partial charge in [0, 0.05) is 17.3 Å². The Kier molecular flexibility index (Phi) is 3.99. The second-order valence-electron chi connectivity index (χ2n) is 4.91. The zero-order chi connectivity index (χ0) is 16.2. The minimum atomic E-state index is -0.600. The number of hydrogen-bond donors (Lipinski definition) is 3. The Bertz CT molecular complexity index is 879. The summed E-state index contributed by atoms with van der Waals surface area (Å²) in [6.07, 6.45) is 3.18. The van der Waals surface area contributed by atoms with Crippen molar-refractivity contribution >= 4 is 28.3 Å². The van der Waals surface area contributed by atoms with Gasteiger partial charge in [0.05, 0.1) is 11.9 Å². The fraction of sp³-hybridized carbons (Fsp3) is 0. The van der Waals surface area contributed by atoms with Crippen molar-refractivity contribution in [2.75, 3.05) is 5.32 Å². The molecule has 114 valence electrons. The highest BCUT2D eigenvalue weighted by Crippen LogP contribution is 2.19. The molecule has 3 rings (SSSR count). The first-order valence-corrected chi connectivity index (χ1v) is 6.87. The highest BCUT2D eigenvalue weighted by atomic mass is 16.5. The first kappa shape index (κ1) is 14.7. The van der Waals surface area contributed by atoms with Crippen LogP contribution in [0.4, 0.5) is 5.69 Å². The molecule has 0 fully saturated rings. The fourth-order valence-electron chi connectivity index (χ4n) is 2.23. The molecule has 1 heterocycles. The van der Waals surface area contributed by atoms with Crippen LogP contribution in [0.5, 0.6) is 0 Å². The predicted molar refractivity (Wildman–Crippen MR) is 85.4 cm³/mol. The van der Waals surface area contributed by atoms with Crippen LogP contribution in [-0.4, -0.2) is 22.0 Å². The summed E-state index contributed by atoms with van der Waals surface area (Å²) in [7, 11) is 0. The largest absolute Gasteiger partial charge is 0.321 e. The molecule has 0 atom stereocenters. The average molecular weight is 307 g/mol. The summed E-state index contributed by atoms with van der Waals surface area (Å²) < 4.78 is 0. The lowest BCUT2D eigenvalue weighted by Crippen LogP contribution is -2.18. The van der Waals surface area contributed by atoms with Gasteiger partial charge in [-0.3, -0.25) is 19.8 Å². The fourth-order valence-corrected chi connectivity index (χ4v) is 2.23. The van der Waals surface area contributed by atoms with Crippen LogP contribution in [0.15, 0.2) is 60.9 Å². The van der Waals surface area contributed by atoms with Gasteiger partial charge in [-0.1, -0.05) is 12.1 Å². The van der Waals surface area contributed by atoms with Gasteiger partial charge in [-0.05, 0) is 47.2 Å². The van der Waals surface area contributed by atoms with Crippen LogP contribution in [-0.2, 0) is 0 Å². The van der Waals surface area contributed by atoms with Gasteiger partial charge in [0.25, 0.3) is 11.8 Å². The summed E-state index contributed by atoms with van der Waals surface area (Å²) in [6.45, 7) is 0. The van der Waals surface area contributed by atoms with Crippen LogP contribution < -0.4 is 10.8 Å². The van der Waals surface area contributed by atoms with E-state index in [0.717, 1.165) is 10.8 Å². The quantitative estimate of drug-likeness (QED) is 0.512. The molecule has 1 aromatic heterocycles. The van der Waals surface area contributed by atoms with Gasteiger partial charge in [0.2, 0.25) is 0 Å². The van der Waals surface area contributed by atoms with Gasteiger partial charge in [-0.2, -0.15) is 0 Å². The number of hydroxylamine groups is 1. The van der Waals surface area contributed by atoms with Crippen molar-refractivity contribution in [3.8, 4) is 0 Å². The van der Waals surface area contributed by atoms with E-state index in [2.05, 4.69) is 10.3 Å². The maximum Gasteiger partial charge on any atom is 0.274 e. The molecule has 0 unspecified atom stereocenters. The van der Waals surface area contributed by atoms with Gasteiger partial charge < -0.3 is 5.32 Å². The first-order chi connectivity index (χ1) is 11.2. The molecule has 0 aliphatic rings. The summed E-state index contributed by atoms with van der Waals surface area (Å²) in [5.74, 6) is -0.867. The van der Waals surface area contributed by atoms with E-state index < -0.39 is 5.91 Å². The maximum absolute atomic E-state index is 12.3. The van der Waals surface area contributed by atoms with E-state index in [1.807, 2.05) is 0 Å². The number of aromatic nitrogens is 1. The Morgan fingerprint density at radius 1 is 0.913 bits per heavy atom. The van der Waals surface area contributed by atoms with Crippen LogP contribution in [0.1, 0.15) is 20.7 Å². The predicted octanol–water partition coefficient (Wildman–Crippen LogP) is 2.61. The van der Waals surface area contributed by atoms with Crippen molar-refractivity contribution in [2.24, 2.45) is 0 Å². The van der Waals surface area contributed by atoms with E-state index in [4.69, 9.17) is 5.21 Å². The number of hydrogen-bond acceptors (Lipinski definition) is 4. The van der Waals surface area contributed by atoms with Crippen LogP contribution in [0.3, 0.4) is 0 Å².